The zero-order chi connectivity index (χ0) is 29.0. The second kappa shape index (κ2) is 10.4. The van der Waals surface area contributed by atoms with E-state index in [9.17, 15) is 9.59 Å². The molecule has 1 aliphatic heterocycles. The molecule has 3 atom stereocenters. The van der Waals surface area contributed by atoms with E-state index in [0.717, 1.165) is 55.2 Å². The van der Waals surface area contributed by atoms with Crippen LogP contribution in [-0.4, -0.2) is 41.7 Å². The average molecular weight is 566 g/mol. The Bertz CT molecular complexity index is 1350. The van der Waals surface area contributed by atoms with Crippen molar-refractivity contribution in [2.45, 2.75) is 113 Å². The van der Waals surface area contributed by atoms with Gasteiger partial charge >= 0.3 is 0 Å². The molecule has 0 aromatic heterocycles. The van der Waals surface area contributed by atoms with Crippen LogP contribution in [0.15, 0.2) is 36.4 Å². The van der Waals surface area contributed by atoms with Crippen LogP contribution in [-0.2, 0) is 15.0 Å². The molecule has 4 N–H and O–H groups in total. The number of hydrogen-bond donors (Lipinski definition) is 3. The van der Waals surface area contributed by atoms with Crippen molar-refractivity contribution in [3.63, 3.8) is 0 Å². The van der Waals surface area contributed by atoms with Gasteiger partial charge in [0.2, 0.25) is 11.6 Å². The summed E-state index contributed by atoms with van der Waals surface area (Å²) in [6.45, 7) is 3.63. The van der Waals surface area contributed by atoms with Gasteiger partial charge in [0.15, 0.2) is 0 Å². The molecule has 4 fully saturated rings. The number of nitrogens with one attached hydrogen (secondary N) is 2. The number of carbonyl (C=O) groups is 2. The van der Waals surface area contributed by atoms with Crippen LogP contribution in [0.2, 0.25) is 0 Å². The minimum Gasteiger partial charge on any atom is -0.490 e. The highest BCUT2D eigenvalue weighted by molar-refractivity contribution is 5.87. The molecule has 3 aliphatic carbocycles. The minimum atomic E-state index is -1.87. The summed E-state index contributed by atoms with van der Waals surface area (Å²) >= 11 is 0. The average Bonchev–Trinajstić information content (AvgIpc) is 3.49. The molecule has 8 heteroatoms. The Labute approximate surface area is 240 Å². The highest BCUT2D eigenvalue weighted by Gasteiger charge is 2.55. The highest BCUT2D eigenvalue weighted by atomic mass is 19.1. The lowest BCUT2D eigenvalue weighted by atomic mass is 9.74. The number of amides is 2. The number of benzene rings is 2. The summed E-state index contributed by atoms with van der Waals surface area (Å²) < 4.78 is 37.3. The molecule has 2 aromatic carbocycles. The van der Waals surface area contributed by atoms with E-state index in [1.807, 2.05) is 24.3 Å². The van der Waals surface area contributed by atoms with Gasteiger partial charge in [-0.1, -0.05) is 24.6 Å². The maximum absolute atomic E-state index is 15.6. The predicted octanol–water partition coefficient (Wildman–Crippen LogP) is 5.56. The van der Waals surface area contributed by atoms with E-state index >= 15 is 8.78 Å². The molecule has 2 amide bonds. The second-order valence-electron chi connectivity index (χ2n) is 13.4. The number of carbonyl (C=O) groups excluding carboxylic acids is 2. The van der Waals surface area contributed by atoms with Crippen molar-refractivity contribution in [1.82, 2.24) is 10.6 Å². The first kappa shape index (κ1) is 28.1. The molecular weight excluding hydrogens is 524 g/mol. The summed E-state index contributed by atoms with van der Waals surface area (Å²) in [5.41, 5.74) is 5.67. The SMILES string of the molecule is CC(C)(C(N)=O)c1ccc(O[C@@H]2CC[C@@H](NC(=O)[C@]3(F)CNC4(CCC4)C3)C2)c(-c2cccc(F)c2C2CCC2)c1. The fourth-order valence-corrected chi connectivity index (χ4v) is 7.04. The van der Waals surface area contributed by atoms with Gasteiger partial charge in [0, 0.05) is 36.5 Å². The molecule has 4 aliphatic rings. The largest absolute Gasteiger partial charge is 0.490 e. The van der Waals surface area contributed by atoms with Crippen LogP contribution in [0.1, 0.15) is 95.1 Å². The van der Waals surface area contributed by atoms with Gasteiger partial charge < -0.3 is 21.1 Å². The summed E-state index contributed by atoms with van der Waals surface area (Å²) in [6, 6.07) is 10.6. The lowest BCUT2D eigenvalue weighted by Gasteiger charge is -2.38. The Morgan fingerprint density at radius 3 is 2.49 bits per heavy atom. The number of hydrogen-bond acceptors (Lipinski definition) is 4. The van der Waals surface area contributed by atoms with Crippen LogP contribution in [0.4, 0.5) is 8.78 Å². The maximum Gasteiger partial charge on any atom is 0.259 e. The Kier molecular flexibility index (Phi) is 7.12. The van der Waals surface area contributed by atoms with E-state index in [0.29, 0.717) is 30.6 Å². The van der Waals surface area contributed by atoms with Gasteiger partial charge in [-0.25, -0.2) is 8.78 Å². The molecule has 0 radical (unpaired) electrons. The Hall–Kier alpha value is -3.00. The third-order valence-electron chi connectivity index (χ3n) is 10.3. The summed E-state index contributed by atoms with van der Waals surface area (Å²) in [5, 5.41) is 6.22. The monoisotopic (exact) mass is 565 g/mol. The molecule has 0 unspecified atom stereocenters. The Morgan fingerprint density at radius 1 is 1.07 bits per heavy atom. The van der Waals surface area contributed by atoms with Crippen molar-refractivity contribution in [2.24, 2.45) is 5.73 Å². The van der Waals surface area contributed by atoms with E-state index in [2.05, 4.69) is 10.6 Å². The first-order valence-electron chi connectivity index (χ1n) is 15.1. The van der Waals surface area contributed by atoms with Crippen LogP contribution in [0.3, 0.4) is 0 Å². The second-order valence-corrected chi connectivity index (χ2v) is 13.4. The van der Waals surface area contributed by atoms with Gasteiger partial charge in [0.05, 0.1) is 5.41 Å². The number of halogens is 2. The van der Waals surface area contributed by atoms with Crippen molar-refractivity contribution in [3.05, 3.63) is 53.3 Å². The van der Waals surface area contributed by atoms with Crippen molar-refractivity contribution >= 4 is 11.8 Å². The van der Waals surface area contributed by atoms with Gasteiger partial charge in [-0.2, -0.15) is 0 Å². The fraction of sp³-hybridized carbons (Fsp3) is 0.576. The number of primary amides is 1. The van der Waals surface area contributed by atoms with E-state index in [-0.39, 0.29) is 42.4 Å². The fourth-order valence-electron chi connectivity index (χ4n) is 7.04. The molecular formula is C33H41F2N3O3. The number of ether oxygens (including phenoxy) is 1. The first-order chi connectivity index (χ1) is 19.5. The normalized spacial score (nSPS) is 27.3. The minimum absolute atomic E-state index is 0.0693. The molecule has 1 saturated heterocycles. The molecule has 6 rings (SSSR count). The summed E-state index contributed by atoms with van der Waals surface area (Å²) in [4.78, 5) is 25.3. The zero-order valence-corrected chi connectivity index (χ0v) is 24.0. The van der Waals surface area contributed by atoms with E-state index in [1.54, 1.807) is 19.9 Å². The van der Waals surface area contributed by atoms with Gasteiger partial charge in [-0.05, 0) is 99.6 Å². The maximum atomic E-state index is 15.6. The topological polar surface area (TPSA) is 93.5 Å². The van der Waals surface area contributed by atoms with Gasteiger partial charge in [0.25, 0.3) is 5.91 Å². The van der Waals surface area contributed by atoms with Crippen molar-refractivity contribution < 1.29 is 23.1 Å². The van der Waals surface area contributed by atoms with Gasteiger partial charge in [0.1, 0.15) is 17.7 Å². The molecule has 3 saturated carbocycles. The van der Waals surface area contributed by atoms with E-state index in [1.165, 1.54) is 6.07 Å². The van der Waals surface area contributed by atoms with Crippen LogP contribution in [0.25, 0.3) is 11.1 Å². The number of rotatable bonds is 8. The van der Waals surface area contributed by atoms with Crippen molar-refractivity contribution in [1.29, 1.82) is 0 Å². The van der Waals surface area contributed by atoms with Crippen molar-refractivity contribution in [3.8, 4) is 16.9 Å². The van der Waals surface area contributed by atoms with Crippen LogP contribution in [0.5, 0.6) is 5.75 Å². The molecule has 0 bridgehead atoms. The number of nitrogens with two attached hydrogens (primary N) is 1. The zero-order valence-electron chi connectivity index (χ0n) is 24.0. The summed E-state index contributed by atoms with van der Waals surface area (Å²) in [6.07, 6.45) is 7.90. The first-order valence-corrected chi connectivity index (χ1v) is 15.1. The van der Waals surface area contributed by atoms with E-state index in [4.69, 9.17) is 10.5 Å². The smallest absolute Gasteiger partial charge is 0.259 e. The summed E-state index contributed by atoms with van der Waals surface area (Å²) in [7, 11) is 0. The van der Waals surface area contributed by atoms with Crippen LogP contribution < -0.4 is 21.1 Å². The molecule has 6 nitrogen and oxygen atoms in total. The van der Waals surface area contributed by atoms with Crippen molar-refractivity contribution in [2.75, 3.05) is 6.54 Å². The van der Waals surface area contributed by atoms with E-state index < -0.39 is 22.9 Å². The van der Waals surface area contributed by atoms with Crippen LogP contribution in [0, 0.1) is 5.82 Å². The quantitative estimate of drug-likeness (QED) is 0.391. The molecule has 220 valence electrons. The van der Waals surface area contributed by atoms with Crippen LogP contribution >= 0.6 is 0 Å². The number of alkyl halides is 1. The van der Waals surface area contributed by atoms with Gasteiger partial charge in [-0.15, -0.1) is 0 Å². The Morgan fingerprint density at radius 2 is 1.85 bits per heavy atom. The lowest BCUT2D eigenvalue weighted by Crippen LogP contribution is -2.49. The predicted molar refractivity (Wildman–Crippen MR) is 154 cm³/mol. The molecule has 1 heterocycles. The molecule has 41 heavy (non-hydrogen) atoms. The highest BCUT2D eigenvalue weighted by Crippen LogP contribution is 2.46. The standard InChI is InChI=1S/C33H41F2N3O3/c1-31(2,29(36)39)21-10-13-27(25(16-21)24-8-4-9-26(34)28(24)20-6-3-7-20)41-23-12-11-22(17-23)38-30(40)33(35)18-32(37-19-33)14-5-15-32/h4,8-10,13,16,20,22-23,37H,3,5-7,11-12,14-15,17-19H2,1-2H3,(H2,36,39)(H,38,40)/t22-,23-,33-/m1/s1. The molecule has 2 aromatic rings. The summed E-state index contributed by atoms with van der Waals surface area (Å²) in [5.74, 6) is -0.452. The third-order valence-corrected chi connectivity index (χ3v) is 10.3. The molecule has 1 spiro atoms. The van der Waals surface area contributed by atoms with Gasteiger partial charge in [-0.3, -0.25) is 9.59 Å². The Balaban J connectivity index is 1.23. The third kappa shape index (κ3) is 5.13. The lowest BCUT2D eigenvalue weighted by molar-refractivity contribution is -0.133.